The molecule has 1 aliphatic heterocycles. The lowest BCUT2D eigenvalue weighted by atomic mass is 10.00. The van der Waals surface area contributed by atoms with Crippen LogP contribution in [0.5, 0.6) is 0 Å². The van der Waals surface area contributed by atoms with Gasteiger partial charge in [-0.2, -0.15) is 0 Å². The molecule has 0 saturated carbocycles. The molecule has 0 aromatic rings. The van der Waals surface area contributed by atoms with Gasteiger partial charge in [-0.15, -0.1) is 0 Å². The largest absolute Gasteiger partial charge is 0.462 e. The van der Waals surface area contributed by atoms with Crippen LogP contribution in [0.15, 0.2) is 36.5 Å². The van der Waals surface area contributed by atoms with Crippen molar-refractivity contribution in [1.82, 2.24) is 0 Å². The topological polar surface area (TPSA) is 46.5 Å². The number of ether oxygens (including phenoxy) is 1. The van der Waals surface area contributed by atoms with Crippen LogP contribution in [0.25, 0.3) is 0 Å². The summed E-state index contributed by atoms with van der Waals surface area (Å²) in [4.78, 5) is 11.2. The SMILES string of the molecule is CCC=CCC=CCC=CCCCCCCC[C@@H]1C[C@@H](O)CC(=O)O1. The Morgan fingerprint density at radius 2 is 1.60 bits per heavy atom. The highest BCUT2D eigenvalue weighted by atomic mass is 16.5. The van der Waals surface area contributed by atoms with Gasteiger partial charge in [-0.3, -0.25) is 4.79 Å². The minimum atomic E-state index is -0.499. The van der Waals surface area contributed by atoms with Crippen LogP contribution >= 0.6 is 0 Å². The predicted octanol–water partition coefficient (Wildman–Crippen LogP) is 5.64. The van der Waals surface area contributed by atoms with Gasteiger partial charge in [0, 0.05) is 6.42 Å². The van der Waals surface area contributed by atoms with E-state index in [4.69, 9.17) is 4.74 Å². The molecule has 0 amide bonds. The number of hydrogen-bond donors (Lipinski definition) is 1. The monoisotopic (exact) mass is 348 g/mol. The van der Waals surface area contributed by atoms with Crippen LogP contribution in [0.2, 0.25) is 0 Å². The van der Waals surface area contributed by atoms with E-state index in [0.29, 0.717) is 6.42 Å². The fourth-order valence-corrected chi connectivity index (χ4v) is 3.03. The van der Waals surface area contributed by atoms with Crippen molar-refractivity contribution in [1.29, 1.82) is 0 Å². The lowest BCUT2D eigenvalue weighted by molar-refractivity contribution is -0.160. The molecule has 1 saturated heterocycles. The number of carbonyl (C=O) groups is 1. The molecule has 0 bridgehead atoms. The summed E-state index contributed by atoms with van der Waals surface area (Å²) in [6.07, 6.45) is 24.9. The Kier molecular flexibility index (Phi) is 13.0. The van der Waals surface area contributed by atoms with Gasteiger partial charge in [-0.1, -0.05) is 62.6 Å². The number of rotatable bonds is 13. The fourth-order valence-electron chi connectivity index (χ4n) is 3.03. The minimum absolute atomic E-state index is 0.0651. The maximum Gasteiger partial charge on any atom is 0.308 e. The molecule has 0 unspecified atom stereocenters. The van der Waals surface area contributed by atoms with E-state index < -0.39 is 6.10 Å². The van der Waals surface area contributed by atoms with Crippen LogP contribution in [-0.4, -0.2) is 23.3 Å². The van der Waals surface area contributed by atoms with E-state index in [1.54, 1.807) is 0 Å². The first-order valence-electron chi connectivity index (χ1n) is 10.0. The Hall–Kier alpha value is -1.35. The molecule has 142 valence electrons. The highest BCUT2D eigenvalue weighted by molar-refractivity contribution is 5.70. The van der Waals surface area contributed by atoms with E-state index in [-0.39, 0.29) is 18.5 Å². The minimum Gasteiger partial charge on any atom is -0.462 e. The summed E-state index contributed by atoms with van der Waals surface area (Å²) in [5.74, 6) is -0.247. The maximum absolute atomic E-state index is 11.2. The average Bonchev–Trinajstić information content (AvgIpc) is 2.57. The number of esters is 1. The normalized spacial score (nSPS) is 21.6. The van der Waals surface area contributed by atoms with E-state index in [1.807, 2.05) is 0 Å². The van der Waals surface area contributed by atoms with E-state index in [1.165, 1.54) is 25.7 Å². The van der Waals surface area contributed by atoms with Crippen molar-refractivity contribution in [2.24, 2.45) is 0 Å². The summed E-state index contributed by atoms with van der Waals surface area (Å²) in [5, 5.41) is 9.56. The standard InChI is InChI=1S/C22H36O3/c1-2-3-4-5-6-7-8-9-10-11-12-13-14-15-16-17-21-18-20(23)19-22(24)25-21/h3-4,6-7,9-10,20-21,23H,2,5,8,11-19H2,1H3/t20-,21-/m1/s1. The smallest absolute Gasteiger partial charge is 0.308 e. The average molecular weight is 349 g/mol. The van der Waals surface area contributed by atoms with E-state index in [2.05, 4.69) is 43.4 Å². The third-order valence-corrected chi connectivity index (χ3v) is 4.41. The lowest BCUT2D eigenvalue weighted by Crippen LogP contribution is -2.32. The molecular formula is C22H36O3. The Morgan fingerprint density at radius 1 is 0.960 bits per heavy atom. The van der Waals surface area contributed by atoms with Crippen LogP contribution < -0.4 is 0 Å². The van der Waals surface area contributed by atoms with E-state index in [9.17, 15) is 9.90 Å². The molecule has 1 aliphatic rings. The molecule has 1 N–H and O–H groups in total. The zero-order chi connectivity index (χ0) is 18.2. The van der Waals surface area contributed by atoms with Crippen molar-refractivity contribution < 1.29 is 14.6 Å². The van der Waals surface area contributed by atoms with Gasteiger partial charge in [0.15, 0.2) is 0 Å². The molecule has 0 aromatic heterocycles. The van der Waals surface area contributed by atoms with E-state index >= 15 is 0 Å². The number of cyclic esters (lactones) is 1. The van der Waals surface area contributed by atoms with Crippen molar-refractivity contribution in [2.45, 2.75) is 96.2 Å². The van der Waals surface area contributed by atoms with Crippen molar-refractivity contribution in [3.8, 4) is 0 Å². The third kappa shape index (κ3) is 12.6. The predicted molar refractivity (Wildman–Crippen MR) is 104 cm³/mol. The summed E-state index contributed by atoms with van der Waals surface area (Å²) >= 11 is 0. The van der Waals surface area contributed by atoms with Crippen LogP contribution in [0, 0.1) is 0 Å². The highest BCUT2D eigenvalue weighted by Gasteiger charge is 2.26. The van der Waals surface area contributed by atoms with Crippen molar-refractivity contribution in [3.63, 3.8) is 0 Å². The molecule has 1 fully saturated rings. The number of carbonyl (C=O) groups excluding carboxylic acids is 1. The maximum atomic E-state index is 11.2. The first-order chi connectivity index (χ1) is 12.2. The third-order valence-electron chi connectivity index (χ3n) is 4.41. The van der Waals surface area contributed by atoms with Gasteiger partial charge in [0.1, 0.15) is 6.10 Å². The van der Waals surface area contributed by atoms with Gasteiger partial charge in [0.2, 0.25) is 0 Å². The second kappa shape index (κ2) is 14.9. The lowest BCUT2D eigenvalue weighted by Gasteiger charge is -2.25. The zero-order valence-electron chi connectivity index (χ0n) is 15.9. The molecule has 1 heterocycles. The molecule has 2 atom stereocenters. The molecule has 0 spiro atoms. The van der Waals surface area contributed by atoms with Crippen molar-refractivity contribution in [2.75, 3.05) is 0 Å². The zero-order valence-corrected chi connectivity index (χ0v) is 15.9. The molecule has 3 heteroatoms. The molecule has 3 nitrogen and oxygen atoms in total. The van der Waals surface area contributed by atoms with Crippen molar-refractivity contribution in [3.05, 3.63) is 36.5 Å². The molecule has 1 rings (SSSR count). The fraction of sp³-hybridized carbons (Fsp3) is 0.682. The number of aliphatic hydroxyl groups is 1. The summed E-state index contributed by atoms with van der Waals surface area (Å²) in [6.45, 7) is 2.15. The number of unbranched alkanes of at least 4 members (excludes halogenated alkanes) is 5. The van der Waals surface area contributed by atoms with Gasteiger partial charge in [0.25, 0.3) is 0 Å². The quantitative estimate of drug-likeness (QED) is 0.266. The summed E-state index contributed by atoms with van der Waals surface area (Å²) in [7, 11) is 0. The summed E-state index contributed by atoms with van der Waals surface area (Å²) < 4.78 is 5.26. The van der Waals surface area contributed by atoms with Crippen LogP contribution in [0.1, 0.15) is 84.0 Å². The molecule has 0 aliphatic carbocycles. The van der Waals surface area contributed by atoms with Crippen molar-refractivity contribution >= 4 is 5.97 Å². The summed E-state index contributed by atoms with van der Waals surface area (Å²) in [5.41, 5.74) is 0. The van der Waals surface area contributed by atoms with E-state index in [0.717, 1.165) is 38.5 Å². The first-order valence-corrected chi connectivity index (χ1v) is 10.0. The number of allylic oxidation sites excluding steroid dienone is 6. The van der Waals surface area contributed by atoms with Crippen LogP contribution in [0.4, 0.5) is 0 Å². The number of hydrogen-bond acceptors (Lipinski definition) is 3. The van der Waals surface area contributed by atoms with Gasteiger partial charge in [-0.25, -0.2) is 0 Å². The van der Waals surface area contributed by atoms with Gasteiger partial charge >= 0.3 is 5.97 Å². The Balaban J connectivity index is 1.88. The molecule has 0 aromatic carbocycles. The van der Waals surface area contributed by atoms with Crippen LogP contribution in [-0.2, 0) is 9.53 Å². The highest BCUT2D eigenvalue weighted by Crippen LogP contribution is 2.20. The molecular weight excluding hydrogens is 312 g/mol. The second-order valence-corrected chi connectivity index (χ2v) is 6.84. The van der Waals surface area contributed by atoms with Crippen LogP contribution in [0.3, 0.4) is 0 Å². The first kappa shape index (κ1) is 21.7. The second-order valence-electron chi connectivity index (χ2n) is 6.84. The molecule has 25 heavy (non-hydrogen) atoms. The van der Waals surface area contributed by atoms with Gasteiger partial charge < -0.3 is 9.84 Å². The number of aliphatic hydroxyl groups excluding tert-OH is 1. The Labute approximate surface area is 153 Å². The summed E-state index contributed by atoms with van der Waals surface area (Å²) in [6, 6.07) is 0. The van der Waals surface area contributed by atoms with Gasteiger partial charge in [-0.05, 0) is 44.9 Å². The van der Waals surface area contributed by atoms with Gasteiger partial charge in [0.05, 0.1) is 12.5 Å². The Bertz CT molecular complexity index is 423. The molecule has 0 radical (unpaired) electrons. The Morgan fingerprint density at radius 3 is 2.32 bits per heavy atom.